The number of nitrogens with zero attached hydrogens (tertiary/aromatic N) is 9. The summed E-state index contributed by atoms with van der Waals surface area (Å²) < 4.78 is 0. The Balaban J connectivity index is 0.000000118. The molecule has 0 bridgehead atoms. The largest absolute Gasteiger partial charge is 0.365 e. The first-order chi connectivity index (χ1) is 27.4. The van der Waals surface area contributed by atoms with E-state index in [2.05, 4.69) is 107 Å². The molecular weight excluding hydrogens is 697 g/mol. The molecule has 4 aliphatic carbocycles. The predicted octanol–water partition coefficient (Wildman–Crippen LogP) is 9.87. The highest BCUT2D eigenvalue weighted by Gasteiger charge is 2.25. The summed E-state index contributed by atoms with van der Waals surface area (Å²) in [5.74, 6) is 4.32. The summed E-state index contributed by atoms with van der Waals surface area (Å²) in [6, 6.07) is 8.08. The zero-order valence-electron chi connectivity index (χ0n) is 33.4. The van der Waals surface area contributed by atoms with E-state index in [0.29, 0.717) is 30.0 Å². The van der Waals surface area contributed by atoms with Gasteiger partial charge in [-0.2, -0.15) is 0 Å². The van der Waals surface area contributed by atoms with Crippen molar-refractivity contribution in [2.45, 2.75) is 147 Å². The minimum atomic E-state index is 0.470. The molecule has 0 spiro atoms. The van der Waals surface area contributed by atoms with Crippen LogP contribution in [0.25, 0.3) is 33.1 Å². The van der Waals surface area contributed by atoms with Gasteiger partial charge in [-0.15, -0.1) is 0 Å². The van der Waals surface area contributed by atoms with E-state index in [1.54, 1.807) is 19.0 Å². The Hall–Kier alpha value is -5.13. The minimum absolute atomic E-state index is 0.470. The fraction of sp³-hybridized carbons (Fsp3) is 0.523. The standard InChI is InChI=1S/C15H18N4.C15H20N4.C14H18N4/c1-2-4-12(3-1)19-15-14-13(17-9-18-15)7-11(8-16-14)10-5-6-10;1-10(2)11-7-13-14(16-8-11)15(18-9-17-13)19-12-5-3-4-6-12;1-9(2)10-6-12-13(15-7-10)14(17-8-16-12)18-11-4-3-5-11/h7-10,12H,1-6H2,(H,17,18,19);7-10,12H,3-6H2,1-2H3,(H,17,18,19);6-9,11H,3-5H2,1-2H3,(H,16,17,18). The molecule has 6 aromatic heterocycles. The van der Waals surface area contributed by atoms with E-state index in [4.69, 9.17) is 0 Å². The summed E-state index contributed by atoms with van der Waals surface area (Å²) in [5.41, 5.74) is 9.29. The molecule has 4 saturated carbocycles. The lowest BCUT2D eigenvalue weighted by molar-refractivity contribution is 0.444. The Morgan fingerprint density at radius 2 is 0.804 bits per heavy atom. The molecule has 6 heterocycles. The highest BCUT2D eigenvalue weighted by Crippen LogP contribution is 2.40. The van der Waals surface area contributed by atoms with E-state index in [-0.39, 0.29) is 0 Å². The van der Waals surface area contributed by atoms with Crippen molar-refractivity contribution in [3.63, 3.8) is 0 Å². The molecule has 12 nitrogen and oxygen atoms in total. The topological polar surface area (TPSA) is 152 Å². The number of nitrogens with one attached hydrogen (secondary N) is 3. The molecule has 10 rings (SSSR count). The smallest absolute Gasteiger partial charge is 0.156 e. The van der Waals surface area contributed by atoms with Gasteiger partial charge in [0, 0.05) is 36.7 Å². The highest BCUT2D eigenvalue weighted by atomic mass is 15.1. The van der Waals surface area contributed by atoms with E-state index >= 15 is 0 Å². The van der Waals surface area contributed by atoms with Gasteiger partial charge in [-0.3, -0.25) is 15.0 Å². The van der Waals surface area contributed by atoms with Crippen molar-refractivity contribution in [2.24, 2.45) is 0 Å². The van der Waals surface area contributed by atoms with E-state index in [1.807, 2.05) is 18.6 Å². The van der Waals surface area contributed by atoms with Gasteiger partial charge < -0.3 is 16.0 Å². The zero-order chi connectivity index (χ0) is 38.4. The van der Waals surface area contributed by atoms with E-state index < -0.39 is 0 Å². The maximum absolute atomic E-state index is 4.60. The Labute approximate surface area is 330 Å². The average Bonchev–Trinajstić information content (AvgIpc) is 3.68. The fourth-order valence-electron chi connectivity index (χ4n) is 7.74. The number of hydrogen-bond acceptors (Lipinski definition) is 12. The van der Waals surface area contributed by atoms with Crippen LogP contribution < -0.4 is 16.0 Å². The van der Waals surface area contributed by atoms with Crippen LogP contribution in [-0.4, -0.2) is 63.0 Å². The van der Waals surface area contributed by atoms with E-state index in [1.165, 1.54) is 100 Å². The summed E-state index contributed by atoms with van der Waals surface area (Å²) in [5, 5.41) is 10.5. The average molecular weight is 753 g/mol. The van der Waals surface area contributed by atoms with Crippen LogP contribution in [0, 0.1) is 0 Å². The maximum atomic E-state index is 4.60. The number of hydrogen-bond donors (Lipinski definition) is 3. The second-order valence-corrected chi connectivity index (χ2v) is 16.7. The van der Waals surface area contributed by atoms with Gasteiger partial charge in [0.2, 0.25) is 0 Å². The lowest BCUT2D eigenvalue weighted by atomic mass is 9.93. The second kappa shape index (κ2) is 17.3. The zero-order valence-corrected chi connectivity index (χ0v) is 33.4. The third-order valence-electron chi connectivity index (χ3n) is 11.7. The molecule has 6 aromatic rings. The van der Waals surface area contributed by atoms with Crippen LogP contribution in [0.15, 0.2) is 55.8 Å². The van der Waals surface area contributed by atoms with Crippen LogP contribution in [0.2, 0.25) is 0 Å². The van der Waals surface area contributed by atoms with Crippen molar-refractivity contribution in [1.82, 2.24) is 44.9 Å². The van der Waals surface area contributed by atoms with Crippen LogP contribution in [0.5, 0.6) is 0 Å². The molecule has 0 saturated heterocycles. The van der Waals surface area contributed by atoms with Gasteiger partial charge in [0.25, 0.3) is 0 Å². The van der Waals surface area contributed by atoms with Crippen molar-refractivity contribution in [3.8, 4) is 0 Å². The van der Waals surface area contributed by atoms with Gasteiger partial charge in [-0.05, 0) is 110 Å². The molecule has 0 aromatic carbocycles. The maximum Gasteiger partial charge on any atom is 0.156 e. The molecule has 12 heteroatoms. The van der Waals surface area contributed by atoms with Crippen LogP contribution >= 0.6 is 0 Å². The van der Waals surface area contributed by atoms with E-state index in [9.17, 15) is 0 Å². The lowest BCUT2D eigenvalue weighted by Gasteiger charge is -2.27. The van der Waals surface area contributed by atoms with Crippen molar-refractivity contribution in [1.29, 1.82) is 0 Å². The van der Waals surface area contributed by atoms with Crippen LogP contribution in [-0.2, 0) is 0 Å². The van der Waals surface area contributed by atoms with Gasteiger partial charge in [0.15, 0.2) is 17.5 Å². The van der Waals surface area contributed by atoms with Crippen LogP contribution in [0.1, 0.15) is 146 Å². The Morgan fingerprint density at radius 3 is 1.16 bits per heavy atom. The number of fused-ring (bicyclic) bond motifs is 3. The third kappa shape index (κ3) is 9.11. The molecule has 4 fully saturated rings. The Morgan fingerprint density at radius 1 is 0.429 bits per heavy atom. The first kappa shape index (κ1) is 37.8. The molecule has 0 atom stereocenters. The summed E-state index contributed by atoms with van der Waals surface area (Å²) in [6.07, 6.45) is 27.4. The van der Waals surface area contributed by atoms with E-state index in [0.717, 1.165) is 56.5 Å². The molecular formula is C44H56N12. The predicted molar refractivity (Wildman–Crippen MR) is 225 cm³/mol. The molecule has 0 amide bonds. The molecule has 0 radical (unpaired) electrons. The van der Waals surface area contributed by atoms with Crippen LogP contribution in [0.4, 0.5) is 17.5 Å². The molecule has 4 aliphatic rings. The van der Waals surface area contributed by atoms with Gasteiger partial charge >= 0.3 is 0 Å². The van der Waals surface area contributed by atoms with Crippen molar-refractivity contribution in [2.75, 3.05) is 16.0 Å². The Kier molecular flexibility index (Phi) is 11.7. The molecule has 56 heavy (non-hydrogen) atoms. The van der Waals surface area contributed by atoms with Crippen molar-refractivity contribution in [3.05, 3.63) is 72.5 Å². The minimum Gasteiger partial charge on any atom is -0.365 e. The number of rotatable bonds is 9. The SMILES string of the molecule is CC(C)c1cnc2c(NC3CCC3)ncnc2c1.CC(C)c1cnc2c(NC3CCCC3)ncnc2c1.c1nc(NC2CCCC2)c2ncc(C3CC3)cc2n1. The number of pyridine rings is 3. The van der Waals surface area contributed by atoms with Gasteiger partial charge in [0.05, 0.1) is 16.6 Å². The normalized spacial score (nSPS) is 17.5. The summed E-state index contributed by atoms with van der Waals surface area (Å²) in [4.78, 5) is 39.8. The van der Waals surface area contributed by atoms with Crippen molar-refractivity contribution >= 4 is 50.6 Å². The molecule has 3 N–H and O–H groups in total. The molecule has 0 aliphatic heterocycles. The van der Waals surface area contributed by atoms with Gasteiger partial charge in [0.1, 0.15) is 35.5 Å². The number of aromatic nitrogens is 9. The second-order valence-electron chi connectivity index (χ2n) is 16.7. The summed E-state index contributed by atoms with van der Waals surface area (Å²) >= 11 is 0. The summed E-state index contributed by atoms with van der Waals surface area (Å²) in [7, 11) is 0. The van der Waals surface area contributed by atoms with Crippen LogP contribution in [0.3, 0.4) is 0 Å². The van der Waals surface area contributed by atoms with Gasteiger partial charge in [-0.1, -0.05) is 53.4 Å². The third-order valence-corrected chi connectivity index (χ3v) is 11.7. The Bertz CT molecular complexity index is 2140. The van der Waals surface area contributed by atoms with Crippen molar-refractivity contribution < 1.29 is 0 Å². The quantitative estimate of drug-likeness (QED) is 0.129. The monoisotopic (exact) mass is 752 g/mol. The number of anilines is 3. The van der Waals surface area contributed by atoms with Gasteiger partial charge in [-0.25, -0.2) is 29.9 Å². The fourth-order valence-corrected chi connectivity index (χ4v) is 7.74. The summed E-state index contributed by atoms with van der Waals surface area (Å²) in [6.45, 7) is 8.67. The highest BCUT2D eigenvalue weighted by molar-refractivity contribution is 5.86. The lowest BCUT2D eigenvalue weighted by Crippen LogP contribution is -2.27. The first-order valence-electron chi connectivity index (χ1n) is 21.0. The first-order valence-corrected chi connectivity index (χ1v) is 21.0. The molecule has 0 unspecified atom stereocenters. The molecule has 292 valence electrons.